The summed E-state index contributed by atoms with van der Waals surface area (Å²) in [6.45, 7) is 5.97. The molecule has 18 heavy (non-hydrogen) atoms. The lowest BCUT2D eigenvalue weighted by Crippen LogP contribution is -2.22. The van der Waals surface area contributed by atoms with Crippen LogP contribution in [0, 0.1) is 5.82 Å². The Bertz CT molecular complexity index is 582. The van der Waals surface area contributed by atoms with Crippen molar-refractivity contribution in [3.8, 4) is 11.3 Å². The summed E-state index contributed by atoms with van der Waals surface area (Å²) in [5.41, 5.74) is 1.37. The topological polar surface area (TPSA) is 34.9 Å². The molecular weight excluding hydrogens is 231 g/mol. The number of carbonyl (C=O) groups excluding carboxylic acids is 1. The molecule has 2 rings (SSSR count). The van der Waals surface area contributed by atoms with Crippen molar-refractivity contribution >= 4 is 6.29 Å². The van der Waals surface area contributed by atoms with E-state index in [9.17, 15) is 9.18 Å². The van der Waals surface area contributed by atoms with E-state index >= 15 is 0 Å². The summed E-state index contributed by atoms with van der Waals surface area (Å²) in [5, 5.41) is 4.38. The van der Waals surface area contributed by atoms with E-state index in [1.54, 1.807) is 23.0 Å². The Hall–Kier alpha value is -1.97. The third-order valence-corrected chi connectivity index (χ3v) is 2.65. The predicted octanol–water partition coefficient (Wildman–Crippen LogP) is 3.26. The first kappa shape index (κ1) is 12.5. The van der Waals surface area contributed by atoms with Gasteiger partial charge >= 0.3 is 0 Å². The molecule has 1 aromatic heterocycles. The highest BCUT2D eigenvalue weighted by atomic mass is 19.1. The molecule has 0 aliphatic rings. The van der Waals surface area contributed by atoms with Crippen molar-refractivity contribution in [2.75, 3.05) is 0 Å². The maximum atomic E-state index is 13.2. The van der Waals surface area contributed by atoms with Crippen LogP contribution in [0.1, 0.15) is 31.1 Å². The lowest BCUT2D eigenvalue weighted by atomic mass is 10.1. The molecule has 0 spiro atoms. The standard InChI is InChI=1S/C14H15FN2O/c1-14(2,3)17-8-11(9-18)13(16-17)10-5-4-6-12(15)7-10/h4-9H,1-3H3. The van der Waals surface area contributed by atoms with Gasteiger partial charge in [0.1, 0.15) is 11.5 Å². The third-order valence-electron chi connectivity index (χ3n) is 2.65. The zero-order chi connectivity index (χ0) is 13.3. The number of nitrogens with zero attached hydrogens (tertiary/aromatic N) is 2. The summed E-state index contributed by atoms with van der Waals surface area (Å²) in [6.07, 6.45) is 2.43. The van der Waals surface area contributed by atoms with E-state index in [-0.39, 0.29) is 11.4 Å². The molecule has 2 aromatic rings. The Kier molecular flexibility index (Phi) is 3.03. The lowest BCUT2D eigenvalue weighted by Gasteiger charge is -2.18. The zero-order valence-corrected chi connectivity index (χ0v) is 10.6. The van der Waals surface area contributed by atoms with Crippen LogP contribution in [0.15, 0.2) is 30.5 Å². The minimum Gasteiger partial charge on any atom is -0.298 e. The van der Waals surface area contributed by atoms with E-state index in [0.29, 0.717) is 16.8 Å². The molecule has 0 fully saturated rings. The van der Waals surface area contributed by atoms with Crippen LogP contribution < -0.4 is 0 Å². The first-order valence-corrected chi connectivity index (χ1v) is 5.73. The number of hydrogen-bond donors (Lipinski definition) is 0. The van der Waals surface area contributed by atoms with Gasteiger partial charge in [-0.05, 0) is 32.9 Å². The Balaban J connectivity index is 2.57. The van der Waals surface area contributed by atoms with E-state index in [2.05, 4.69) is 5.10 Å². The molecule has 0 radical (unpaired) electrons. The fourth-order valence-electron chi connectivity index (χ4n) is 1.68. The lowest BCUT2D eigenvalue weighted by molar-refractivity contribution is 0.112. The van der Waals surface area contributed by atoms with Crippen LogP contribution in [-0.2, 0) is 5.54 Å². The molecule has 3 nitrogen and oxygen atoms in total. The van der Waals surface area contributed by atoms with E-state index in [1.165, 1.54) is 12.1 Å². The zero-order valence-electron chi connectivity index (χ0n) is 10.6. The highest BCUT2D eigenvalue weighted by molar-refractivity contribution is 5.85. The minimum atomic E-state index is -0.338. The molecule has 0 amide bonds. The Morgan fingerprint density at radius 3 is 2.61 bits per heavy atom. The molecule has 0 aliphatic heterocycles. The molecule has 1 heterocycles. The summed E-state index contributed by atoms with van der Waals surface area (Å²) in [5.74, 6) is -0.338. The average Bonchev–Trinajstić information content (AvgIpc) is 2.72. The molecule has 94 valence electrons. The van der Waals surface area contributed by atoms with E-state index in [4.69, 9.17) is 0 Å². The fourth-order valence-corrected chi connectivity index (χ4v) is 1.68. The second-order valence-corrected chi connectivity index (χ2v) is 5.18. The molecule has 0 bridgehead atoms. The van der Waals surface area contributed by atoms with Crippen molar-refractivity contribution < 1.29 is 9.18 Å². The van der Waals surface area contributed by atoms with Gasteiger partial charge in [0.2, 0.25) is 0 Å². The summed E-state index contributed by atoms with van der Waals surface area (Å²) in [6, 6.07) is 6.09. The molecule has 0 N–H and O–H groups in total. The van der Waals surface area contributed by atoms with Gasteiger partial charge in [-0.3, -0.25) is 9.48 Å². The largest absolute Gasteiger partial charge is 0.298 e. The van der Waals surface area contributed by atoms with Crippen molar-refractivity contribution in [3.63, 3.8) is 0 Å². The van der Waals surface area contributed by atoms with Crippen LogP contribution in [0.5, 0.6) is 0 Å². The van der Waals surface area contributed by atoms with Crippen LogP contribution in [0.25, 0.3) is 11.3 Å². The van der Waals surface area contributed by atoms with Crippen molar-refractivity contribution in [2.45, 2.75) is 26.3 Å². The van der Waals surface area contributed by atoms with Gasteiger partial charge in [-0.1, -0.05) is 12.1 Å². The fraction of sp³-hybridized carbons (Fsp3) is 0.286. The average molecular weight is 246 g/mol. The number of rotatable bonds is 2. The third kappa shape index (κ3) is 2.32. The summed E-state index contributed by atoms with van der Waals surface area (Å²) in [4.78, 5) is 11.1. The van der Waals surface area contributed by atoms with Gasteiger partial charge in [0.15, 0.2) is 6.29 Å². The Labute approximate surface area is 105 Å². The van der Waals surface area contributed by atoms with Crippen molar-refractivity contribution in [3.05, 3.63) is 41.8 Å². The number of aldehydes is 1. The van der Waals surface area contributed by atoms with Gasteiger partial charge in [0.25, 0.3) is 0 Å². The van der Waals surface area contributed by atoms with Crippen molar-refractivity contribution in [1.82, 2.24) is 9.78 Å². The minimum absolute atomic E-state index is 0.219. The first-order chi connectivity index (χ1) is 8.41. The van der Waals surface area contributed by atoms with Crippen molar-refractivity contribution in [2.24, 2.45) is 0 Å². The number of halogens is 1. The smallest absolute Gasteiger partial charge is 0.153 e. The second-order valence-electron chi connectivity index (χ2n) is 5.18. The highest BCUT2D eigenvalue weighted by Gasteiger charge is 2.18. The van der Waals surface area contributed by atoms with Crippen molar-refractivity contribution in [1.29, 1.82) is 0 Å². The Morgan fingerprint density at radius 1 is 1.33 bits per heavy atom. The number of aromatic nitrogens is 2. The summed E-state index contributed by atoms with van der Waals surface area (Å²) < 4.78 is 14.9. The molecule has 4 heteroatoms. The monoisotopic (exact) mass is 246 g/mol. The van der Waals surface area contributed by atoms with E-state index < -0.39 is 0 Å². The molecule has 0 unspecified atom stereocenters. The normalized spacial score (nSPS) is 11.6. The molecule has 0 aliphatic carbocycles. The van der Waals surface area contributed by atoms with Gasteiger partial charge in [0.05, 0.1) is 11.1 Å². The number of carbonyl (C=O) groups is 1. The Morgan fingerprint density at radius 2 is 2.06 bits per heavy atom. The highest BCUT2D eigenvalue weighted by Crippen LogP contribution is 2.24. The van der Waals surface area contributed by atoms with E-state index in [1.807, 2.05) is 20.8 Å². The van der Waals surface area contributed by atoms with Crippen LogP contribution in [0.4, 0.5) is 4.39 Å². The summed E-state index contributed by atoms with van der Waals surface area (Å²) >= 11 is 0. The van der Waals surface area contributed by atoms with Crippen LogP contribution >= 0.6 is 0 Å². The summed E-state index contributed by atoms with van der Waals surface area (Å²) in [7, 11) is 0. The van der Waals surface area contributed by atoms with Gasteiger partial charge in [-0.25, -0.2) is 4.39 Å². The number of hydrogen-bond acceptors (Lipinski definition) is 2. The van der Waals surface area contributed by atoms with E-state index in [0.717, 1.165) is 6.29 Å². The molecular formula is C14H15FN2O. The number of benzene rings is 1. The molecule has 0 saturated heterocycles. The van der Waals surface area contributed by atoms with Crippen LogP contribution in [-0.4, -0.2) is 16.1 Å². The second kappa shape index (κ2) is 4.37. The van der Waals surface area contributed by atoms with Gasteiger partial charge in [0, 0.05) is 11.8 Å². The first-order valence-electron chi connectivity index (χ1n) is 5.73. The maximum Gasteiger partial charge on any atom is 0.153 e. The van der Waals surface area contributed by atoms with Gasteiger partial charge in [-0.15, -0.1) is 0 Å². The maximum absolute atomic E-state index is 13.2. The van der Waals surface area contributed by atoms with Crippen LogP contribution in [0.2, 0.25) is 0 Å². The van der Waals surface area contributed by atoms with Crippen LogP contribution in [0.3, 0.4) is 0 Å². The predicted molar refractivity (Wildman–Crippen MR) is 68.0 cm³/mol. The molecule has 0 atom stereocenters. The SMILES string of the molecule is CC(C)(C)n1cc(C=O)c(-c2cccc(F)c2)n1. The molecule has 1 aromatic carbocycles. The van der Waals surface area contributed by atoms with Gasteiger partial charge in [-0.2, -0.15) is 5.10 Å². The quantitative estimate of drug-likeness (QED) is 0.762. The molecule has 0 saturated carbocycles. The van der Waals surface area contributed by atoms with Gasteiger partial charge < -0.3 is 0 Å².